The van der Waals surface area contributed by atoms with Gasteiger partial charge in [-0.3, -0.25) is 4.79 Å². The summed E-state index contributed by atoms with van der Waals surface area (Å²) in [4.78, 5) is 11.6. The van der Waals surface area contributed by atoms with Crippen LogP contribution in [0.1, 0.15) is 40.0 Å². The number of nitriles is 1. The van der Waals surface area contributed by atoms with Crippen molar-refractivity contribution in [2.45, 2.75) is 46.1 Å². The molecule has 2 N–H and O–H groups in total. The van der Waals surface area contributed by atoms with E-state index in [0.29, 0.717) is 25.8 Å². The summed E-state index contributed by atoms with van der Waals surface area (Å²) in [6, 6.07) is 2.01. The van der Waals surface area contributed by atoms with E-state index in [4.69, 9.17) is 5.26 Å². The van der Waals surface area contributed by atoms with Crippen LogP contribution in [0.4, 0.5) is 0 Å². The minimum atomic E-state index is -0.947. The third-order valence-corrected chi connectivity index (χ3v) is 2.69. The van der Waals surface area contributed by atoms with Crippen LogP contribution in [0.3, 0.4) is 0 Å². The van der Waals surface area contributed by atoms with Crippen LogP contribution < -0.4 is 5.32 Å². The number of nitrogens with one attached hydrogen (secondary N) is 1. The first-order chi connectivity index (χ1) is 7.00. The van der Waals surface area contributed by atoms with Gasteiger partial charge in [-0.25, -0.2) is 0 Å². The summed E-state index contributed by atoms with van der Waals surface area (Å²) < 4.78 is 0. The van der Waals surface area contributed by atoms with Gasteiger partial charge in [-0.1, -0.05) is 13.8 Å². The molecule has 15 heavy (non-hydrogen) atoms. The van der Waals surface area contributed by atoms with Crippen molar-refractivity contribution in [3.63, 3.8) is 0 Å². The lowest BCUT2D eigenvalue weighted by molar-refractivity contribution is -0.127. The third kappa shape index (κ3) is 4.30. The van der Waals surface area contributed by atoms with Gasteiger partial charge in [0.2, 0.25) is 5.91 Å². The lowest BCUT2D eigenvalue weighted by Gasteiger charge is -2.19. The van der Waals surface area contributed by atoms with Crippen molar-refractivity contribution in [3.05, 3.63) is 0 Å². The average molecular weight is 212 g/mol. The SMILES string of the molecule is CCC(O)CCNC(=O)C(C)(C#N)CC. The van der Waals surface area contributed by atoms with Gasteiger partial charge in [-0.05, 0) is 26.2 Å². The molecule has 0 spiro atoms. The Kier molecular flexibility index (Phi) is 5.95. The summed E-state index contributed by atoms with van der Waals surface area (Å²) in [6.45, 7) is 5.74. The quantitative estimate of drug-likeness (QED) is 0.695. The minimum Gasteiger partial charge on any atom is -0.393 e. The first-order valence-corrected chi connectivity index (χ1v) is 5.37. The van der Waals surface area contributed by atoms with Crippen LogP contribution in [0, 0.1) is 16.7 Å². The number of aliphatic hydroxyl groups is 1. The second-order valence-electron chi connectivity index (χ2n) is 3.90. The van der Waals surface area contributed by atoms with Crippen molar-refractivity contribution in [2.75, 3.05) is 6.54 Å². The molecular formula is C11H20N2O2. The Morgan fingerprint density at radius 1 is 1.60 bits per heavy atom. The standard InChI is InChI=1S/C11H20N2O2/c1-4-9(14)6-7-13-10(15)11(3,5-2)8-12/h9,14H,4-7H2,1-3H3,(H,13,15). The molecule has 0 aromatic heterocycles. The van der Waals surface area contributed by atoms with E-state index in [0.717, 1.165) is 0 Å². The molecule has 4 heteroatoms. The predicted molar refractivity (Wildman–Crippen MR) is 57.9 cm³/mol. The Bertz CT molecular complexity index is 247. The largest absolute Gasteiger partial charge is 0.393 e. The number of hydrogen-bond acceptors (Lipinski definition) is 3. The molecule has 0 aliphatic rings. The zero-order valence-corrected chi connectivity index (χ0v) is 9.71. The number of carbonyl (C=O) groups excluding carboxylic acids is 1. The van der Waals surface area contributed by atoms with Crippen molar-refractivity contribution >= 4 is 5.91 Å². The molecule has 0 aromatic rings. The van der Waals surface area contributed by atoms with Gasteiger partial charge in [0.05, 0.1) is 12.2 Å². The summed E-state index contributed by atoms with van der Waals surface area (Å²) in [5.74, 6) is -0.254. The van der Waals surface area contributed by atoms with Crippen LogP contribution in [-0.2, 0) is 4.79 Å². The van der Waals surface area contributed by atoms with Gasteiger partial charge in [-0.2, -0.15) is 5.26 Å². The fourth-order valence-corrected chi connectivity index (χ4v) is 1.04. The number of aliphatic hydroxyl groups excluding tert-OH is 1. The second kappa shape index (κ2) is 6.41. The smallest absolute Gasteiger partial charge is 0.240 e. The molecule has 0 saturated carbocycles. The van der Waals surface area contributed by atoms with E-state index in [1.807, 2.05) is 19.9 Å². The zero-order valence-electron chi connectivity index (χ0n) is 9.71. The molecule has 0 radical (unpaired) electrons. The van der Waals surface area contributed by atoms with Gasteiger partial charge in [-0.15, -0.1) is 0 Å². The van der Waals surface area contributed by atoms with E-state index in [2.05, 4.69) is 5.32 Å². The summed E-state index contributed by atoms with van der Waals surface area (Å²) >= 11 is 0. The Morgan fingerprint density at radius 2 is 2.20 bits per heavy atom. The predicted octanol–water partition coefficient (Wildman–Crippen LogP) is 1.20. The van der Waals surface area contributed by atoms with Gasteiger partial charge in [0, 0.05) is 6.54 Å². The monoisotopic (exact) mass is 212 g/mol. The Hall–Kier alpha value is -1.08. The highest BCUT2D eigenvalue weighted by Gasteiger charge is 2.30. The lowest BCUT2D eigenvalue weighted by atomic mass is 9.88. The van der Waals surface area contributed by atoms with Crippen molar-refractivity contribution in [3.8, 4) is 6.07 Å². The van der Waals surface area contributed by atoms with Crippen LogP contribution in [-0.4, -0.2) is 23.7 Å². The summed E-state index contributed by atoms with van der Waals surface area (Å²) in [6.07, 6.45) is 1.33. The minimum absolute atomic E-state index is 0.254. The summed E-state index contributed by atoms with van der Waals surface area (Å²) in [5.41, 5.74) is -0.947. The van der Waals surface area contributed by atoms with Crippen LogP contribution in [0.15, 0.2) is 0 Å². The topological polar surface area (TPSA) is 73.1 Å². The van der Waals surface area contributed by atoms with Crippen LogP contribution in [0.25, 0.3) is 0 Å². The molecule has 4 nitrogen and oxygen atoms in total. The highest BCUT2D eigenvalue weighted by atomic mass is 16.3. The second-order valence-corrected chi connectivity index (χ2v) is 3.90. The van der Waals surface area contributed by atoms with E-state index >= 15 is 0 Å². The van der Waals surface area contributed by atoms with Crippen LogP contribution in [0.5, 0.6) is 0 Å². The van der Waals surface area contributed by atoms with E-state index in [1.54, 1.807) is 6.92 Å². The maximum Gasteiger partial charge on any atom is 0.240 e. The molecule has 2 atom stereocenters. The molecule has 0 saturated heterocycles. The normalized spacial score (nSPS) is 16.2. The first-order valence-electron chi connectivity index (χ1n) is 5.37. The Labute approximate surface area is 91.3 Å². The molecular weight excluding hydrogens is 192 g/mol. The zero-order chi connectivity index (χ0) is 11.9. The number of hydrogen-bond donors (Lipinski definition) is 2. The van der Waals surface area contributed by atoms with Gasteiger partial charge < -0.3 is 10.4 Å². The maximum absolute atomic E-state index is 11.6. The van der Waals surface area contributed by atoms with Gasteiger partial charge >= 0.3 is 0 Å². The molecule has 0 rings (SSSR count). The molecule has 0 bridgehead atoms. The Balaban J connectivity index is 4.00. The van der Waals surface area contributed by atoms with E-state index in [-0.39, 0.29) is 12.0 Å². The molecule has 0 aliphatic heterocycles. The molecule has 0 fully saturated rings. The van der Waals surface area contributed by atoms with Gasteiger partial charge in [0.25, 0.3) is 0 Å². The van der Waals surface area contributed by atoms with Gasteiger partial charge in [0.15, 0.2) is 0 Å². The third-order valence-electron chi connectivity index (χ3n) is 2.69. The fourth-order valence-electron chi connectivity index (χ4n) is 1.04. The molecule has 0 aliphatic carbocycles. The molecule has 1 amide bonds. The van der Waals surface area contributed by atoms with E-state index < -0.39 is 5.41 Å². The molecule has 0 aromatic carbocycles. The number of rotatable bonds is 6. The van der Waals surface area contributed by atoms with Crippen LogP contribution in [0.2, 0.25) is 0 Å². The Morgan fingerprint density at radius 3 is 2.60 bits per heavy atom. The first kappa shape index (κ1) is 13.9. The molecule has 0 heterocycles. The van der Waals surface area contributed by atoms with Crippen molar-refractivity contribution < 1.29 is 9.90 Å². The van der Waals surface area contributed by atoms with E-state index in [9.17, 15) is 9.90 Å². The summed E-state index contributed by atoms with van der Waals surface area (Å²) in [5, 5.41) is 20.8. The van der Waals surface area contributed by atoms with Crippen molar-refractivity contribution in [2.24, 2.45) is 5.41 Å². The van der Waals surface area contributed by atoms with Crippen molar-refractivity contribution in [1.82, 2.24) is 5.32 Å². The lowest BCUT2D eigenvalue weighted by Crippen LogP contribution is -2.38. The number of amides is 1. The molecule has 86 valence electrons. The highest BCUT2D eigenvalue weighted by Crippen LogP contribution is 2.19. The van der Waals surface area contributed by atoms with Gasteiger partial charge in [0.1, 0.15) is 5.41 Å². The van der Waals surface area contributed by atoms with E-state index in [1.165, 1.54) is 0 Å². The summed E-state index contributed by atoms with van der Waals surface area (Å²) in [7, 11) is 0. The van der Waals surface area contributed by atoms with Crippen LogP contribution >= 0.6 is 0 Å². The number of carbonyl (C=O) groups is 1. The number of nitrogens with zero attached hydrogens (tertiary/aromatic N) is 1. The van der Waals surface area contributed by atoms with Crippen molar-refractivity contribution in [1.29, 1.82) is 5.26 Å². The maximum atomic E-state index is 11.6. The molecule has 2 unspecified atom stereocenters. The highest BCUT2D eigenvalue weighted by molar-refractivity contribution is 5.84. The fraction of sp³-hybridized carbons (Fsp3) is 0.818. The average Bonchev–Trinajstić information content (AvgIpc) is 2.27.